The van der Waals surface area contributed by atoms with Crippen LogP contribution in [0.4, 0.5) is 4.39 Å². The van der Waals surface area contributed by atoms with Gasteiger partial charge in [-0.05, 0) is 30.5 Å². The summed E-state index contributed by atoms with van der Waals surface area (Å²) in [4.78, 5) is 39.7. The van der Waals surface area contributed by atoms with Crippen molar-refractivity contribution in [3.63, 3.8) is 0 Å². The second kappa shape index (κ2) is 8.79. The van der Waals surface area contributed by atoms with Gasteiger partial charge in [0, 0.05) is 55.4 Å². The molecule has 0 bridgehead atoms. The van der Waals surface area contributed by atoms with E-state index in [0.29, 0.717) is 49.2 Å². The summed E-state index contributed by atoms with van der Waals surface area (Å²) < 4.78 is 14.5. The zero-order chi connectivity index (χ0) is 22.0. The summed E-state index contributed by atoms with van der Waals surface area (Å²) >= 11 is 0. The van der Waals surface area contributed by atoms with Crippen LogP contribution in [0.3, 0.4) is 0 Å². The minimum atomic E-state index is -0.606. The number of nitrogens with one attached hydrogen (secondary N) is 1. The highest BCUT2D eigenvalue weighted by atomic mass is 19.1. The zero-order valence-corrected chi connectivity index (χ0v) is 17.1. The lowest BCUT2D eigenvalue weighted by atomic mass is 9.97. The van der Waals surface area contributed by atoms with Crippen LogP contribution in [0.25, 0.3) is 0 Å². The Balaban J connectivity index is 1.45. The Kier molecular flexibility index (Phi) is 5.93. The summed E-state index contributed by atoms with van der Waals surface area (Å²) in [5.74, 6) is -0.701. The summed E-state index contributed by atoms with van der Waals surface area (Å²) in [6, 6.07) is 11.1. The average Bonchev–Trinajstić information content (AvgIpc) is 3.65. The molecule has 1 aliphatic carbocycles. The van der Waals surface area contributed by atoms with E-state index in [9.17, 15) is 18.8 Å². The molecule has 0 spiro atoms. The molecule has 2 fully saturated rings. The van der Waals surface area contributed by atoms with Crippen LogP contribution >= 0.6 is 0 Å². The fourth-order valence-electron chi connectivity index (χ4n) is 3.91. The summed E-state index contributed by atoms with van der Waals surface area (Å²) in [5.41, 5.74) is 1.75. The SMILES string of the molecule is N=C(Cc1ccc(F)c(C(=O)N2CCN(C(=O)C3CC3)CC2)c1)c1ccccc1C=O. The fourth-order valence-corrected chi connectivity index (χ4v) is 3.91. The predicted molar refractivity (Wildman–Crippen MR) is 114 cm³/mol. The van der Waals surface area contributed by atoms with Crippen molar-refractivity contribution < 1.29 is 18.8 Å². The van der Waals surface area contributed by atoms with Crippen LogP contribution in [-0.2, 0) is 11.2 Å². The number of aldehydes is 1. The minimum absolute atomic E-state index is 0.0315. The molecule has 0 aromatic heterocycles. The number of benzene rings is 2. The molecule has 1 N–H and O–H groups in total. The van der Waals surface area contributed by atoms with E-state index >= 15 is 0 Å². The van der Waals surface area contributed by atoms with Crippen molar-refractivity contribution in [1.29, 1.82) is 5.41 Å². The molecule has 0 atom stereocenters. The first-order valence-corrected chi connectivity index (χ1v) is 10.5. The van der Waals surface area contributed by atoms with Crippen molar-refractivity contribution >= 4 is 23.8 Å². The molecule has 6 nitrogen and oxygen atoms in total. The smallest absolute Gasteiger partial charge is 0.256 e. The molecular weight excluding hydrogens is 397 g/mol. The molecule has 0 unspecified atom stereocenters. The Morgan fingerprint density at radius 1 is 1.00 bits per heavy atom. The van der Waals surface area contributed by atoms with Gasteiger partial charge in [-0.3, -0.25) is 14.4 Å². The van der Waals surface area contributed by atoms with E-state index in [1.54, 1.807) is 40.1 Å². The van der Waals surface area contributed by atoms with Crippen molar-refractivity contribution in [3.05, 3.63) is 70.5 Å². The zero-order valence-electron chi connectivity index (χ0n) is 17.1. The second-order valence-corrected chi connectivity index (χ2v) is 8.07. The average molecular weight is 421 g/mol. The number of rotatable bonds is 6. The molecule has 1 aliphatic heterocycles. The highest BCUT2D eigenvalue weighted by Crippen LogP contribution is 2.31. The number of hydrogen-bond acceptors (Lipinski definition) is 4. The number of hydrogen-bond donors (Lipinski definition) is 1. The monoisotopic (exact) mass is 421 g/mol. The Hall–Kier alpha value is -3.35. The van der Waals surface area contributed by atoms with Gasteiger partial charge in [0.05, 0.1) is 5.56 Å². The van der Waals surface area contributed by atoms with Crippen molar-refractivity contribution in [3.8, 4) is 0 Å². The third kappa shape index (κ3) is 4.55. The normalized spacial score (nSPS) is 16.2. The van der Waals surface area contributed by atoms with Crippen LogP contribution < -0.4 is 0 Å². The van der Waals surface area contributed by atoms with Crippen molar-refractivity contribution in [2.75, 3.05) is 26.2 Å². The number of carbonyl (C=O) groups is 3. The van der Waals surface area contributed by atoms with Gasteiger partial charge < -0.3 is 15.2 Å². The Morgan fingerprint density at radius 2 is 1.68 bits per heavy atom. The number of nitrogens with zero attached hydrogens (tertiary/aromatic N) is 2. The number of carbonyl (C=O) groups excluding carboxylic acids is 3. The van der Waals surface area contributed by atoms with Crippen LogP contribution in [0.1, 0.15) is 44.7 Å². The Morgan fingerprint density at radius 3 is 2.35 bits per heavy atom. The lowest BCUT2D eigenvalue weighted by Gasteiger charge is -2.35. The second-order valence-electron chi connectivity index (χ2n) is 8.07. The van der Waals surface area contributed by atoms with E-state index in [1.807, 2.05) is 0 Å². The van der Waals surface area contributed by atoms with Gasteiger partial charge in [-0.15, -0.1) is 0 Å². The molecular formula is C24H24FN3O3. The number of halogens is 1. The summed E-state index contributed by atoms with van der Waals surface area (Å²) in [7, 11) is 0. The van der Waals surface area contributed by atoms with Gasteiger partial charge in [0.25, 0.3) is 5.91 Å². The largest absolute Gasteiger partial charge is 0.339 e. The number of amides is 2. The lowest BCUT2D eigenvalue weighted by Crippen LogP contribution is -2.51. The van der Waals surface area contributed by atoms with Crippen LogP contribution in [0, 0.1) is 17.1 Å². The van der Waals surface area contributed by atoms with Crippen molar-refractivity contribution in [2.45, 2.75) is 19.3 Å². The van der Waals surface area contributed by atoms with E-state index in [1.165, 1.54) is 12.1 Å². The third-order valence-electron chi connectivity index (χ3n) is 5.86. The number of piperazine rings is 1. The first kappa shape index (κ1) is 20.9. The molecule has 2 aromatic carbocycles. The molecule has 1 heterocycles. The van der Waals surface area contributed by atoms with Crippen LogP contribution in [0.5, 0.6) is 0 Å². The molecule has 160 valence electrons. The Bertz CT molecular complexity index is 1040. The first-order valence-electron chi connectivity index (χ1n) is 10.5. The summed E-state index contributed by atoms with van der Waals surface area (Å²) in [6.45, 7) is 1.69. The minimum Gasteiger partial charge on any atom is -0.339 e. The van der Waals surface area contributed by atoms with Crippen molar-refractivity contribution in [2.24, 2.45) is 5.92 Å². The van der Waals surface area contributed by atoms with Crippen LogP contribution in [-0.4, -0.2) is 59.8 Å². The molecule has 2 aliphatic rings. The highest BCUT2D eigenvalue weighted by molar-refractivity contribution is 6.05. The predicted octanol–water partition coefficient (Wildman–Crippen LogP) is 2.94. The van der Waals surface area contributed by atoms with Gasteiger partial charge in [-0.1, -0.05) is 30.3 Å². The standard InChI is InChI=1S/C24H24FN3O3/c25-21-8-5-16(14-22(26)19-4-2-1-3-18(19)15-29)13-20(21)24(31)28-11-9-27(10-12-28)23(30)17-6-7-17/h1-5,8,13,15,17,26H,6-7,9-12,14H2. The highest BCUT2D eigenvalue weighted by Gasteiger charge is 2.35. The molecule has 2 amide bonds. The Labute approximate surface area is 180 Å². The molecule has 0 radical (unpaired) electrons. The van der Waals surface area contributed by atoms with Gasteiger partial charge in [-0.2, -0.15) is 0 Å². The summed E-state index contributed by atoms with van der Waals surface area (Å²) in [6.07, 6.45) is 2.77. The van der Waals surface area contributed by atoms with Crippen molar-refractivity contribution in [1.82, 2.24) is 9.80 Å². The fraction of sp³-hybridized carbons (Fsp3) is 0.333. The topological polar surface area (TPSA) is 81.5 Å². The quantitative estimate of drug-likeness (QED) is 0.575. The van der Waals surface area contributed by atoms with E-state index in [0.717, 1.165) is 12.8 Å². The van der Waals surface area contributed by atoms with Gasteiger partial charge in [-0.25, -0.2) is 4.39 Å². The van der Waals surface area contributed by atoms with E-state index in [-0.39, 0.29) is 29.5 Å². The third-order valence-corrected chi connectivity index (χ3v) is 5.86. The van der Waals surface area contributed by atoms with Gasteiger partial charge in [0.2, 0.25) is 5.91 Å². The maximum absolute atomic E-state index is 14.5. The van der Waals surface area contributed by atoms with E-state index in [2.05, 4.69) is 0 Å². The first-order chi connectivity index (χ1) is 15.0. The van der Waals surface area contributed by atoms with Gasteiger partial charge in [0.1, 0.15) is 5.82 Å². The van der Waals surface area contributed by atoms with E-state index in [4.69, 9.17) is 5.41 Å². The van der Waals surface area contributed by atoms with E-state index < -0.39 is 11.7 Å². The lowest BCUT2D eigenvalue weighted by molar-refractivity contribution is -0.134. The van der Waals surface area contributed by atoms with Gasteiger partial charge in [0.15, 0.2) is 6.29 Å². The maximum Gasteiger partial charge on any atom is 0.256 e. The molecule has 1 saturated heterocycles. The molecule has 1 saturated carbocycles. The summed E-state index contributed by atoms with van der Waals surface area (Å²) in [5, 5.41) is 8.36. The maximum atomic E-state index is 14.5. The van der Waals surface area contributed by atoms with Crippen LogP contribution in [0.2, 0.25) is 0 Å². The molecule has 4 rings (SSSR count). The van der Waals surface area contributed by atoms with Gasteiger partial charge >= 0.3 is 0 Å². The van der Waals surface area contributed by atoms with Crippen LogP contribution in [0.15, 0.2) is 42.5 Å². The molecule has 31 heavy (non-hydrogen) atoms. The molecule has 7 heteroatoms. The molecule has 2 aromatic rings.